The molecule has 3 saturated carbocycles. The number of hydrogen-bond donors (Lipinski definition) is 1. The molecule has 2 bridgehead atoms. The molecule has 1 spiro atoms. The molecule has 4 aliphatic carbocycles. The number of furan rings is 1. The highest BCUT2D eigenvalue weighted by atomic mass is 16.7. The van der Waals surface area contributed by atoms with Crippen LogP contribution in [0.15, 0.2) is 53.1 Å². The third kappa shape index (κ3) is 3.99. The molecular formula is C34H40BNO5. The van der Waals surface area contributed by atoms with Gasteiger partial charge in [-0.05, 0) is 91.0 Å². The van der Waals surface area contributed by atoms with Gasteiger partial charge in [-0.15, -0.1) is 0 Å². The molecular weight excluding hydrogens is 513 g/mol. The van der Waals surface area contributed by atoms with Gasteiger partial charge >= 0.3 is 7.12 Å². The first-order valence-corrected chi connectivity index (χ1v) is 15.5. The summed E-state index contributed by atoms with van der Waals surface area (Å²) in [7, 11) is -0.503. The van der Waals surface area contributed by atoms with Gasteiger partial charge < -0.3 is 23.8 Å². The summed E-state index contributed by atoms with van der Waals surface area (Å²) in [6.07, 6.45) is 8.33. The van der Waals surface area contributed by atoms with Crippen molar-refractivity contribution in [2.45, 2.75) is 88.8 Å². The van der Waals surface area contributed by atoms with Crippen molar-refractivity contribution in [3.63, 3.8) is 0 Å². The minimum atomic E-state index is -0.503. The standard InChI is InChI=1S/C34H40BNO5/c1-32(2)24-17-28(32)33(3)29(18-24)40-35(41-33)30(16-23-19-39-27-7-5-4-6-25(23)27)36-31(37)15-21-8-9-22-10-11-34(26(22)14-21)12-13-38-20-34/h4-9,14,19,24,28-30H,10-13,15-18,20H2,1-3H3,(H,36,37)/t24-,28-,29+,30-,33-,34?/m0/s1. The number of para-hydroxylation sites is 1. The fraction of sp³-hybridized carbons (Fsp3) is 0.559. The maximum atomic E-state index is 13.7. The lowest BCUT2D eigenvalue weighted by Crippen LogP contribution is -2.65. The van der Waals surface area contributed by atoms with E-state index in [2.05, 4.69) is 50.4 Å². The number of carbonyl (C=O) groups excluding carboxylic acids is 1. The first kappa shape index (κ1) is 26.1. The molecule has 6 atom stereocenters. The first-order chi connectivity index (χ1) is 19.7. The van der Waals surface area contributed by atoms with Crippen LogP contribution >= 0.6 is 0 Å². The predicted octanol–water partition coefficient (Wildman–Crippen LogP) is 5.57. The normalized spacial score (nSPS) is 33.5. The van der Waals surface area contributed by atoms with E-state index in [0.29, 0.717) is 24.7 Å². The van der Waals surface area contributed by atoms with Crippen molar-refractivity contribution < 1.29 is 23.3 Å². The van der Waals surface area contributed by atoms with Crippen LogP contribution in [0.1, 0.15) is 68.7 Å². The number of carbonyl (C=O) groups is 1. The molecule has 2 aromatic carbocycles. The quantitative estimate of drug-likeness (QED) is 0.404. The zero-order valence-corrected chi connectivity index (χ0v) is 24.4. The molecule has 2 saturated heterocycles. The van der Waals surface area contributed by atoms with Crippen molar-refractivity contribution in [1.29, 1.82) is 0 Å². The Morgan fingerprint density at radius 2 is 2.00 bits per heavy atom. The van der Waals surface area contributed by atoms with Gasteiger partial charge in [-0.2, -0.15) is 0 Å². The van der Waals surface area contributed by atoms with E-state index < -0.39 is 7.12 Å². The highest BCUT2D eigenvalue weighted by Crippen LogP contribution is 2.65. The van der Waals surface area contributed by atoms with Gasteiger partial charge in [-0.3, -0.25) is 4.79 Å². The summed E-state index contributed by atoms with van der Waals surface area (Å²) in [5.41, 5.74) is 5.84. The molecule has 1 amide bonds. The number of fused-ring (bicyclic) bond motifs is 3. The van der Waals surface area contributed by atoms with E-state index in [9.17, 15) is 4.79 Å². The topological polar surface area (TPSA) is 69.9 Å². The number of nitrogens with one attached hydrogen (secondary N) is 1. The Balaban J connectivity index is 1.05. The predicted molar refractivity (Wildman–Crippen MR) is 158 cm³/mol. The second-order valence-electron chi connectivity index (χ2n) is 14.2. The van der Waals surface area contributed by atoms with Crippen molar-refractivity contribution in [3.8, 4) is 0 Å². The van der Waals surface area contributed by atoms with E-state index in [1.165, 1.54) is 17.5 Å². The van der Waals surface area contributed by atoms with Gasteiger partial charge in [-0.25, -0.2) is 0 Å². The second kappa shape index (κ2) is 9.20. The minimum absolute atomic E-state index is 0.00526. The van der Waals surface area contributed by atoms with Gasteiger partial charge in [-0.1, -0.05) is 50.2 Å². The van der Waals surface area contributed by atoms with Crippen molar-refractivity contribution >= 4 is 24.0 Å². The molecule has 0 radical (unpaired) electrons. The highest BCUT2D eigenvalue weighted by Gasteiger charge is 2.68. The molecule has 5 fully saturated rings. The van der Waals surface area contributed by atoms with E-state index in [1.54, 1.807) is 0 Å². The van der Waals surface area contributed by atoms with Crippen LogP contribution in [0.3, 0.4) is 0 Å². The van der Waals surface area contributed by atoms with E-state index in [4.69, 9.17) is 18.5 Å². The lowest BCUT2D eigenvalue weighted by Gasteiger charge is -2.64. The summed E-state index contributed by atoms with van der Waals surface area (Å²) >= 11 is 0. The Bertz CT molecular complexity index is 1510. The van der Waals surface area contributed by atoms with Gasteiger partial charge in [0.1, 0.15) is 5.58 Å². The van der Waals surface area contributed by atoms with Crippen LogP contribution in [0, 0.1) is 17.3 Å². The Kier molecular flexibility index (Phi) is 5.84. The minimum Gasteiger partial charge on any atom is -0.464 e. The highest BCUT2D eigenvalue weighted by molar-refractivity contribution is 6.48. The Hall–Kier alpha value is -2.61. The number of amides is 1. The van der Waals surface area contributed by atoms with Crippen molar-refractivity contribution in [3.05, 3.63) is 71.0 Å². The van der Waals surface area contributed by atoms with Crippen LogP contribution in [0.2, 0.25) is 0 Å². The summed E-state index contributed by atoms with van der Waals surface area (Å²) in [5, 5.41) is 4.43. The second-order valence-corrected chi connectivity index (χ2v) is 14.2. The number of rotatable bonds is 6. The number of hydrogen-bond acceptors (Lipinski definition) is 5. The van der Waals surface area contributed by atoms with E-state index in [-0.39, 0.29) is 34.4 Å². The molecule has 214 valence electrons. The Morgan fingerprint density at radius 3 is 2.83 bits per heavy atom. The molecule has 6 aliphatic rings. The Labute approximate surface area is 242 Å². The molecule has 3 aromatic rings. The third-order valence-electron chi connectivity index (χ3n) is 11.7. The lowest BCUT2D eigenvalue weighted by molar-refractivity contribution is -0.199. The number of aryl methyl sites for hydroxylation is 1. The number of benzene rings is 2. The Morgan fingerprint density at radius 1 is 1.12 bits per heavy atom. The van der Waals surface area contributed by atoms with Gasteiger partial charge in [0.05, 0.1) is 36.9 Å². The molecule has 7 heteroatoms. The fourth-order valence-electron chi connectivity index (χ4n) is 9.13. The zero-order valence-electron chi connectivity index (χ0n) is 24.4. The lowest BCUT2D eigenvalue weighted by atomic mass is 9.43. The van der Waals surface area contributed by atoms with Crippen molar-refractivity contribution in [1.82, 2.24) is 5.32 Å². The van der Waals surface area contributed by atoms with E-state index in [0.717, 1.165) is 61.0 Å². The largest absolute Gasteiger partial charge is 0.482 e. The van der Waals surface area contributed by atoms with Gasteiger partial charge in [0, 0.05) is 17.4 Å². The first-order valence-electron chi connectivity index (χ1n) is 15.5. The molecule has 1 unspecified atom stereocenters. The van der Waals surface area contributed by atoms with Crippen molar-refractivity contribution in [2.75, 3.05) is 13.2 Å². The summed E-state index contributed by atoms with van der Waals surface area (Å²) in [6.45, 7) is 8.61. The number of ether oxygens (including phenoxy) is 1. The fourth-order valence-corrected chi connectivity index (χ4v) is 9.13. The maximum Gasteiger partial charge on any atom is 0.482 e. The van der Waals surface area contributed by atoms with Gasteiger partial charge in [0.2, 0.25) is 5.91 Å². The molecule has 2 aliphatic heterocycles. The molecule has 3 heterocycles. The maximum absolute atomic E-state index is 13.7. The third-order valence-corrected chi connectivity index (χ3v) is 11.7. The zero-order chi connectivity index (χ0) is 28.0. The van der Waals surface area contributed by atoms with E-state index >= 15 is 0 Å². The summed E-state index contributed by atoms with van der Waals surface area (Å²) < 4.78 is 25.2. The van der Waals surface area contributed by atoms with Gasteiger partial charge in [0.15, 0.2) is 0 Å². The van der Waals surface area contributed by atoms with Crippen LogP contribution in [0.25, 0.3) is 11.0 Å². The summed E-state index contributed by atoms with van der Waals surface area (Å²) in [6, 6.07) is 14.7. The SMILES string of the molecule is CC1(C)[C@@H]2C[C@H]3OB([C@H](Cc4coc5ccccc45)NC(=O)Cc4ccc5c(c4)C4(CCOC4)CC5)O[C@@]3(C)[C@H]1C2. The van der Waals surface area contributed by atoms with Gasteiger partial charge in [0.25, 0.3) is 0 Å². The molecule has 1 aromatic heterocycles. The smallest absolute Gasteiger partial charge is 0.464 e. The molecule has 9 rings (SSSR count). The van der Waals surface area contributed by atoms with Crippen LogP contribution in [0.4, 0.5) is 0 Å². The average molecular weight is 554 g/mol. The summed E-state index contributed by atoms with van der Waals surface area (Å²) in [4.78, 5) is 13.7. The van der Waals surface area contributed by atoms with Crippen LogP contribution in [-0.4, -0.2) is 43.9 Å². The summed E-state index contributed by atoms with van der Waals surface area (Å²) in [5.74, 6) is 0.810. The van der Waals surface area contributed by atoms with Crippen molar-refractivity contribution in [2.24, 2.45) is 17.3 Å². The average Bonchev–Trinajstić information content (AvgIpc) is 3.74. The molecule has 41 heavy (non-hydrogen) atoms. The van der Waals surface area contributed by atoms with Crippen LogP contribution in [-0.2, 0) is 43.5 Å². The monoisotopic (exact) mass is 553 g/mol. The van der Waals surface area contributed by atoms with E-state index in [1.807, 2.05) is 24.5 Å². The molecule has 6 nitrogen and oxygen atoms in total. The molecule has 1 N–H and O–H groups in total. The van der Waals surface area contributed by atoms with Crippen LogP contribution < -0.4 is 5.32 Å². The van der Waals surface area contributed by atoms with Crippen LogP contribution in [0.5, 0.6) is 0 Å².